The van der Waals surface area contributed by atoms with Gasteiger partial charge in [-0.25, -0.2) is 4.79 Å². The summed E-state index contributed by atoms with van der Waals surface area (Å²) in [6, 6.07) is 7.13. The van der Waals surface area contributed by atoms with Crippen molar-refractivity contribution in [2.75, 3.05) is 6.61 Å². The fourth-order valence-electron chi connectivity index (χ4n) is 2.21. The van der Waals surface area contributed by atoms with Gasteiger partial charge in [-0.05, 0) is 26.8 Å². The third kappa shape index (κ3) is 1.78. The second kappa shape index (κ2) is 4.44. The van der Waals surface area contributed by atoms with Crippen LogP contribution in [-0.4, -0.2) is 18.5 Å². The quantitative estimate of drug-likeness (QED) is 0.770. The average molecular weight is 248 g/mol. The number of esters is 2. The number of hydrogen-bond donors (Lipinski definition) is 0. The van der Waals surface area contributed by atoms with E-state index in [1.165, 1.54) is 0 Å². The van der Waals surface area contributed by atoms with Gasteiger partial charge in [0.2, 0.25) is 0 Å². The molecule has 0 N–H and O–H groups in total. The van der Waals surface area contributed by atoms with Crippen LogP contribution in [-0.2, 0) is 19.9 Å². The van der Waals surface area contributed by atoms with Crippen molar-refractivity contribution < 1.29 is 19.1 Å². The Labute approximate surface area is 106 Å². The highest BCUT2D eigenvalue weighted by atomic mass is 16.6. The SMILES string of the molecule is CCOC(=O)C(C)C1(C)OC(=O)c2ccccc21. The van der Waals surface area contributed by atoms with E-state index in [1.54, 1.807) is 32.9 Å². The monoisotopic (exact) mass is 248 g/mol. The molecule has 1 heterocycles. The molecule has 1 aliphatic heterocycles. The number of ether oxygens (including phenoxy) is 2. The molecule has 0 saturated carbocycles. The molecule has 1 aliphatic rings. The van der Waals surface area contributed by atoms with E-state index in [9.17, 15) is 9.59 Å². The van der Waals surface area contributed by atoms with Crippen LogP contribution in [0.1, 0.15) is 36.7 Å². The van der Waals surface area contributed by atoms with Gasteiger partial charge < -0.3 is 9.47 Å². The lowest BCUT2D eigenvalue weighted by atomic mass is 9.83. The molecule has 18 heavy (non-hydrogen) atoms. The van der Waals surface area contributed by atoms with Gasteiger partial charge in [-0.2, -0.15) is 0 Å². The zero-order chi connectivity index (χ0) is 13.3. The summed E-state index contributed by atoms with van der Waals surface area (Å²) in [5.74, 6) is -1.28. The first-order valence-electron chi connectivity index (χ1n) is 6.00. The fourth-order valence-corrected chi connectivity index (χ4v) is 2.21. The fraction of sp³-hybridized carbons (Fsp3) is 0.429. The Bertz CT molecular complexity index is 494. The Kier molecular flexibility index (Phi) is 3.11. The Morgan fingerprint density at radius 1 is 1.44 bits per heavy atom. The van der Waals surface area contributed by atoms with Gasteiger partial charge in [0.25, 0.3) is 0 Å². The maximum atomic E-state index is 11.8. The molecule has 0 bridgehead atoms. The number of carbonyl (C=O) groups excluding carboxylic acids is 2. The molecule has 4 heteroatoms. The topological polar surface area (TPSA) is 52.6 Å². The molecule has 2 unspecified atom stereocenters. The second-order valence-electron chi connectivity index (χ2n) is 4.52. The molecule has 2 rings (SSSR count). The van der Waals surface area contributed by atoms with Crippen LogP contribution in [0.2, 0.25) is 0 Å². The molecule has 0 fully saturated rings. The first-order valence-corrected chi connectivity index (χ1v) is 6.00. The highest BCUT2D eigenvalue weighted by Crippen LogP contribution is 2.42. The largest absolute Gasteiger partial charge is 0.466 e. The van der Waals surface area contributed by atoms with Gasteiger partial charge in [-0.15, -0.1) is 0 Å². The van der Waals surface area contributed by atoms with Crippen molar-refractivity contribution in [3.63, 3.8) is 0 Å². The first-order chi connectivity index (χ1) is 8.50. The molecule has 1 aromatic carbocycles. The highest BCUT2D eigenvalue weighted by Gasteiger charge is 2.48. The lowest BCUT2D eigenvalue weighted by Crippen LogP contribution is -2.36. The number of carbonyl (C=O) groups is 2. The molecule has 0 spiro atoms. The van der Waals surface area contributed by atoms with Crippen molar-refractivity contribution in [1.29, 1.82) is 0 Å². The van der Waals surface area contributed by atoms with E-state index in [1.807, 2.05) is 12.1 Å². The van der Waals surface area contributed by atoms with E-state index in [2.05, 4.69) is 0 Å². The van der Waals surface area contributed by atoms with Crippen molar-refractivity contribution >= 4 is 11.9 Å². The molecule has 4 nitrogen and oxygen atoms in total. The van der Waals surface area contributed by atoms with Gasteiger partial charge in [0.05, 0.1) is 18.1 Å². The lowest BCUT2D eigenvalue weighted by Gasteiger charge is -2.29. The van der Waals surface area contributed by atoms with E-state index < -0.39 is 11.5 Å². The molecule has 2 atom stereocenters. The summed E-state index contributed by atoms with van der Waals surface area (Å²) in [4.78, 5) is 23.6. The van der Waals surface area contributed by atoms with Crippen LogP contribution >= 0.6 is 0 Å². The maximum Gasteiger partial charge on any atom is 0.339 e. The average Bonchev–Trinajstić information content (AvgIpc) is 2.63. The summed E-state index contributed by atoms with van der Waals surface area (Å²) in [6.45, 7) is 5.53. The van der Waals surface area contributed by atoms with Gasteiger partial charge >= 0.3 is 11.9 Å². The maximum absolute atomic E-state index is 11.8. The van der Waals surface area contributed by atoms with Crippen LogP contribution < -0.4 is 0 Å². The molecule has 1 aromatic rings. The number of cyclic esters (lactones) is 1. The molecule has 0 radical (unpaired) electrons. The van der Waals surface area contributed by atoms with E-state index in [0.717, 1.165) is 5.56 Å². The Hall–Kier alpha value is -1.84. The molecular formula is C14H16O4. The summed E-state index contributed by atoms with van der Waals surface area (Å²) in [6.07, 6.45) is 0. The number of rotatable bonds is 3. The van der Waals surface area contributed by atoms with Crippen LogP contribution in [0.4, 0.5) is 0 Å². The van der Waals surface area contributed by atoms with Crippen LogP contribution in [0.5, 0.6) is 0 Å². The van der Waals surface area contributed by atoms with Gasteiger partial charge in [0, 0.05) is 5.56 Å². The van der Waals surface area contributed by atoms with E-state index in [-0.39, 0.29) is 11.9 Å². The molecule has 0 amide bonds. The standard InChI is InChI=1S/C14H16O4/c1-4-17-12(15)9(2)14(3)11-8-6-5-7-10(11)13(16)18-14/h5-9H,4H2,1-3H3. The minimum Gasteiger partial charge on any atom is -0.466 e. The van der Waals surface area contributed by atoms with Gasteiger partial charge in [0.1, 0.15) is 5.60 Å². The van der Waals surface area contributed by atoms with Crippen LogP contribution in [0.25, 0.3) is 0 Å². The summed E-state index contributed by atoms with van der Waals surface area (Å²) < 4.78 is 10.4. The number of fused-ring (bicyclic) bond motifs is 1. The van der Waals surface area contributed by atoms with Crippen LogP contribution in [0.15, 0.2) is 24.3 Å². The Morgan fingerprint density at radius 2 is 2.11 bits per heavy atom. The van der Waals surface area contributed by atoms with Crippen LogP contribution in [0, 0.1) is 5.92 Å². The second-order valence-corrected chi connectivity index (χ2v) is 4.52. The molecule has 0 aromatic heterocycles. The summed E-state index contributed by atoms with van der Waals surface area (Å²) in [5.41, 5.74) is 0.326. The van der Waals surface area contributed by atoms with Crippen molar-refractivity contribution in [2.24, 2.45) is 5.92 Å². The molecule has 96 valence electrons. The van der Waals surface area contributed by atoms with Gasteiger partial charge in [-0.1, -0.05) is 18.2 Å². The van der Waals surface area contributed by atoms with E-state index >= 15 is 0 Å². The summed E-state index contributed by atoms with van der Waals surface area (Å²) in [5, 5.41) is 0. The molecular weight excluding hydrogens is 232 g/mol. The number of benzene rings is 1. The molecule has 0 aliphatic carbocycles. The van der Waals surface area contributed by atoms with Crippen molar-refractivity contribution in [3.8, 4) is 0 Å². The third-order valence-corrected chi connectivity index (χ3v) is 3.45. The van der Waals surface area contributed by atoms with Crippen molar-refractivity contribution in [2.45, 2.75) is 26.4 Å². The zero-order valence-electron chi connectivity index (χ0n) is 10.7. The van der Waals surface area contributed by atoms with Crippen molar-refractivity contribution in [1.82, 2.24) is 0 Å². The zero-order valence-corrected chi connectivity index (χ0v) is 10.7. The van der Waals surface area contributed by atoms with E-state index in [4.69, 9.17) is 9.47 Å². The Morgan fingerprint density at radius 3 is 2.78 bits per heavy atom. The highest BCUT2D eigenvalue weighted by molar-refractivity contribution is 5.95. The lowest BCUT2D eigenvalue weighted by molar-refractivity contribution is -0.156. The predicted octanol–water partition coefficient (Wildman–Crippen LogP) is 2.27. The first kappa shape index (κ1) is 12.6. The summed E-state index contributed by atoms with van der Waals surface area (Å²) >= 11 is 0. The van der Waals surface area contributed by atoms with Crippen LogP contribution in [0.3, 0.4) is 0 Å². The minimum absolute atomic E-state index is 0.314. The van der Waals surface area contributed by atoms with Crippen molar-refractivity contribution in [3.05, 3.63) is 35.4 Å². The van der Waals surface area contributed by atoms with Gasteiger partial charge in [0.15, 0.2) is 0 Å². The Balaban J connectivity index is 2.39. The number of hydrogen-bond acceptors (Lipinski definition) is 4. The minimum atomic E-state index is -0.945. The van der Waals surface area contributed by atoms with Gasteiger partial charge in [-0.3, -0.25) is 4.79 Å². The predicted molar refractivity (Wildman–Crippen MR) is 65.0 cm³/mol. The third-order valence-electron chi connectivity index (χ3n) is 3.45. The normalized spacial score (nSPS) is 23.2. The van der Waals surface area contributed by atoms with E-state index in [0.29, 0.717) is 12.2 Å². The summed E-state index contributed by atoms with van der Waals surface area (Å²) in [7, 11) is 0. The smallest absolute Gasteiger partial charge is 0.339 e. The molecule has 0 saturated heterocycles.